The molecule has 0 spiro atoms. The number of hydrogen-bond donors (Lipinski definition) is 8. The van der Waals surface area contributed by atoms with Gasteiger partial charge in [0.25, 0.3) is 0 Å². The third-order valence-electron chi connectivity index (χ3n) is 18.0. The molecule has 0 unspecified atom stereocenters. The molecule has 4 aromatic rings. The lowest BCUT2D eigenvalue weighted by atomic mass is 9.95. The number of nitrogens with one attached hydrogen (secondary N) is 7. The Balaban J connectivity index is 1.43. The maximum atomic E-state index is 15.5. The number of fused-ring (bicyclic) bond motifs is 3. The molecule has 0 radical (unpaired) electrons. The zero-order valence-electron chi connectivity index (χ0n) is 59.8. The number of benzene rings is 4. The normalized spacial score (nSPS) is 24.2. The fourth-order valence-electron chi connectivity index (χ4n) is 11.9. The lowest BCUT2D eigenvalue weighted by Gasteiger charge is -2.37. The summed E-state index contributed by atoms with van der Waals surface area (Å²) in [5.41, 5.74) is 8.11. The lowest BCUT2D eigenvalue weighted by Crippen LogP contribution is -2.64. The Bertz CT molecular complexity index is 3420. The van der Waals surface area contributed by atoms with Crippen LogP contribution in [0.5, 0.6) is 17.2 Å². The molecular formula is C73H102N10O15S2. The minimum absolute atomic E-state index is 0.0297. The van der Waals surface area contributed by atoms with Gasteiger partial charge in [-0.15, -0.1) is 0 Å². The van der Waals surface area contributed by atoms with Crippen molar-refractivity contribution in [3.8, 4) is 17.2 Å². The number of hydrogen-bond acceptors (Lipinski definition) is 17. The second-order valence-corrected chi connectivity index (χ2v) is 28.6. The molecule has 25 nitrogen and oxygen atoms in total. The van der Waals surface area contributed by atoms with Crippen LogP contribution in [-0.2, 0) is 88.2 Å². The van der Waals surface area contributed by atoms with Gasteiger partial charge in [-0.3, -0.25) is 47.9 Å². The number of primary amides is 1. The van der Waals surface area contributed by atoms with Crippen molar-refractivity contribution in [1.29, 1.82) is 0 Å². The first kappa shape index (κ1) is 80.6. The van der Waals surface area contributed by atoms with Gasteiger partial charge in [-0.25, -0.2) is 0 Å². The molecule has 100 heavy (non-hydrogen) atoms. The smallest absolute Gasteiger partial charge is 0.246 e. The Labute approximate surface area is 596 Å². The molecule has 1 saturated heterocycles. The number of nitrogens with zero attached hydrogens (tertiary/aromatic N) is 2. The van der Waals surface area contributed by atoms with E-state index in [9.17, 15) is 24.0 Å². The van der Waals surface area contributed by atoms with Crippen molar-refractivity contribution < 1.29 is 71.6 Å². The van der Waals surface area contributed by atoms with Gasteiger partial charge in [0.2, 0.25) is 59.1 Å². The van der Waals surface area contributed by atoms with Crippen molar-refractivity contribution in [1.82, 2.24) is 47.0 Å². The quantitative estimate of drug-likeness (QED) is 0.0677. The predicted molar refractivity (Wildman–Crippen MR) is 384 cm³/mol. The average Bonchev–Trinajstić information content (AvgIpc) is 1.58. The number of carbonyl (C=O) groups excluding carboxylic acids is 10. The molecule has 11 atom stereocenters. The van der Waals surface area contributed by atoms with E-state index in [0.717, 1.165) is 11.1 Å². The van der Waals surface area contributed by atoms with Crippen molar-refractivity contribution in [3.63, 3.8) is 0 Å². The van der Waals surface area contributed by atoms with Crippen LogP contribution in [0.2, 0.25) is 0 Å². The topological polar surface area (TPSA) is 334 Å². The number of carbonyl (C=O) groups is 10. The van der Waals surface area contributed by atoms with Gasteiger partial charge in [-0.05, 0) is 123 Å². The molecule has 1 fully saturated rings. The minimum atomic E-state index is -1.51. The summed E-state index contributed by atoms with van der Waals surface area (Å²) in [6.45, 7) is 12.3. The summed E-state index contributed by atoms with van der Waals surface area (Å²) in [4.78, 5) is 150. The van der Waals surface area contributed by atoms with E-state index in [2.05, 4.69) is 37.2 Å². The summed E-state index contributed by atoms with van der Waals surface area (Å²) in [5.74, 6) is -4.40. The van der Waals surface area contributed by atoms with E-state index in [1.807, 2.05) is 52.0 Å². The Kier molecular flexibility index (Phi) is 31.4. The number of nitrogens with two attached hydrogens (primary N) is 1. The molecule has 0 aliphatic carbocycles. The number of thioether (sulfide) groups is 2. The summed E-state index contributed by atoms with van der Waals surface area (Å²) in [6, 6.07) is 17.7. The Morgan fingerprint density at radius 3 is 1.49 bits per heavy atom. The zero-order valence-corrected chi connectivity index (χ0v) is 61.4. The predicted octanol–water partition coefficient (Wildman–Crippen LogP) is 4.56. The molecule has 2 bridgehead atoms. The third-order valence-corrected chi connectivity index (χ3v) is 20.1. The minimum Gasteiger partial charge on any atom is -0.497 e. The highest BCUT2D eigenvalue weighted by molar-refractivity contribution is 7.98. The molecule has 9 N–H and O–H groups in total. The van der Waals surface area contributed by atoms with Crippen LogP contribution in [0.15, 0.2) is 97.1 Å². The van der Waals surface area contributed by atoms with Crippen LogP contribution < -0.4 is 57.2 Å². The fourth-order valence-corrected chi connectivity index (χ4v) is 13.8. The summed E-state index contributed by atoms with van der Waals surface area (Å²) < 4.78 is 27.6. The third kappa shape index (κ3) is 23.3. The molecular weight excluding hydrogens is 1320 g/mol. The van der Waals surface area contributed by atoms with Gasteiger partial charge in [0.15, 0.2) is 0 Å². The van der Waals surface area contributed by atoms with E-state index in [-0.39, 0.29) is 69.1 Å². The van der Waals surface area contributed by atoms with E-state index in [0.29, 0.717) is 57.6 Å². The number of amides is 10. The highest BCUT2D eigenvalue weighted by Crippen LogP contribution is 2.32. The molecule has 10 amide bonds. The maximum absolute atomic E-state index is 15.5. The number of ether oxygens (including phenoxy) is 5. The average molecular weight is 1420 g/mol. The number of methoxy groups -OCH3 is 5. The first-order chi connectivity index (χ1) is 47.6. The molecule has 0 saturated carbocycles. The van der Waals surface area contributed by atoms with E-state index < -0.39 is 125 Å². The molecule has 2 heterocycles. The first-order valence-corrected chi connectivity index (χ1v) is 36.1. The summed E-state index contributed by atoms with van der Waals surface area (Å²) in [5, 5.41) is 20.1. The monoisotopic (exact) mass is 1420 g/mol. The van der Waals surface area contributed by atoms with Gasteiger partial charge in [-0.2, -0.15) is 23.5 Å². The Morgan fingerprint density at radius 1 is 0.550 bits per heavy atom. The van der Waals surface area contributed by atoms with Crippen LogP contribution in [0.25, 0.3) is 0 Å². The number of likely N-dealkylation sites (N-methyl/N-ethyl adjacent to an activating group) is 1. The van der Waals surface area contributed by atoms with Gasteiger partial charge in [0.05, 0.1) is 33.5 Å². The summed E-state index contributed by atoms with van der Waals surface area (Å²) >= 11 is 2.88. The van der Waals surface area contributed by atoms with Crippen LogP contribution in [0, 0.1) is 11.8 Å². The standard InChI is InChI=1S/C73H102N10O15S2/c1-43(2)34-55-65(86)75-56(37-47-18-24-52(96-11)25-19-47)66(87)77-57(38-48-20-26-53(97-12)27-21-48)70(91)82(8)60(35-44(3)4)67(88)81-63(46(6)95-10)69(90)78-58(39-49-22-28-54(98-13)29-23-49)71(92)83-32-15-31-73(83,7)72(93)79-59(64(74)85)42-100-41-51-17-14-16-50(36-51)40-99-33-30-61(84)80-62(45(5)94-9)68(89)76-55/h14,16-29,36,43-46,55-60,62-63H,15,30-35,37-42H2,1-13H3,(H2,74,85)(H,75,86)(H,76,89)(H,77,87)(H,78,90)(H,79,93)(H,80,84)(H,81,88)/t45-,46-,55-,56+,57+,58+,59+,60+,62+,63+,73+/m1/s1. The zero-order chi connectivity index (χ0) is 73.4. The SMILES string of the molecule is COc1ccc(C[C@@H]2NC(=O)[C@@H](CC(C)C)NC(=O)[C@H]([C@@H](C)OC)NC(=O)CCSCc3cccc(c3)CSC[C@@H](C(N)=O)NC(=O)[C@]3(C)CCCN3C(=O)[C@H](Cc3ccc(OC)cc3)NC(=O)[C@H]([C@@H](C)OC)NC(=O)[C@H](CC(C)C)N(C)C(=O)[C@H](Cc3ccc(OC)cc3)NC2=O)cc1. The van der Waals surface area contributed by atoms with Gasteiger partial charge in [0, 0.05) is 76.5 Å². The second-order valence-electron chi connectivity index (χ2n) is 26.5. The molecule has 27 heteroatoms. The Morgan fingerprint density at radius 2 is 1.00 bits per heavy atom. The van der Waals surface area contributed by atoms with Crippen LogP contribution in [0.4, 0.5) is 0 Å². The van der Waals surface area contributed by atoms with Crippen LogP contribution in [-0.4, -0.2) is 196 Å². The highest BCUT2D eigenvalue weighted by Gasteiger charge is 2.49. The van der Waals surface area contributed by atoms with Crippen LogP contribution >= 0.6 is 23.5 Å². The molecule has 0 aromatic heterocycles. The largest absolute Gasteiger partial charge is 0.497 e. The van der Waals surface area contributed by atoms with E-state index in [1.54, 1.807) is 93.6 Å². The lowest BCUT2D eigenvalue weighted by molar-refractivity contribution is -0.148. The van der Waals surface area contributed by atoms with Crippen LogP contribution in [0.1, 0.15) is 108 Å². The highest BCUT2D eigenvalue weighted by atomic mass is 32.2. The Hall–Kier alpha value is -8.40. The van der Waals surface area contributed by atoms with Crippen LogP contribution in [0.3, 0.4) is 0 Å². The molecule has 546 valence electrons. The van der Waals surface area contributed by atoms with Crippen molar-refractivity contribution in [2.75, 3.05) is 60.6 Å². The van der Waals surface area contributed by atoms with Gasteiger partial charge in [0.1, 0.15) is 71.1 Å². The maximum Gasteiger partial charge on any atom is 0.246 e. The van der Waals surface area contributed by atoms with Crippen molar-refractivity contribution in [2.24, 2.45) is 17.6 Å². The first-order valence-electron chi connectivity index (χ1n) is 33.8. The summed E-state index contributed by atoms with van der Waals surface area (Å²) in [7, 11) is 8.68. The van der Waals surface area contributed by atoms with E-state index >= 15 is 24.0 Å². The number of rotatable bonds is 18. The molecule has 4 aromatic carbocycles. The van der Waals surface area contributed by atoms with Gasteiger partial charge >= 0.3 is 0 Å². The second kappa shape index (κ2) is 39.0. The molecule has 2 aliphatic rings. The molecule has 6 rings (SSSR count). The van der Waals surface area contributed by atoms with Gasteiger partial charge in [-0.1, -0.05) is 88.4 Å². The fraction of sp³-hybridized carbons (Fsp3) is 0.534. The van der Waals surface area contributed by atoms with Crippen molar-refractivity contribution >= 4 is 82.6 Å². The van der Waals surface area contributed by atoms with E-state index in [1.165, 1.54) is 75.9 Å². The summed E-state index contributed by atoms with van der Waals surface area (Å²) in [6.07, 6.45) is -1.42. The van der Waals surface area contributed by atoms with E-state index in [4.69, 9.17) is 29.4 Å². The van der Waals surface area contributed by atoms with Crippen molar-refractivity contribution in [3.05, 3.63) is 125 Å². The molecule has 2 aliphatic heterocycles. The van der Waals surface area contributed by atoms with Gasteiger partial charge < -0.3 is 76.4 Å². The van der Waals surface area contributed by atoms with Crippen molar-refractivity contribution in [2.45, 2.75) is 177 Å².